The summed E-state index contributed by atoms with van der Waals surface area (Å²) in [5.41, 5.74) is 2.07. The molecule has 2 nitrogen and oxygen atoms in total. The topological polar surface area (TPSA) is 21.3 Å². The summed E-state index contributed by atoms with van der Waals surface area (Å²) in [5, 5.41) is 3.76. The van der Waals surface area contributed by atoms with Crippen molar-refractivity contribution in [3.05, 3.63) is 22.7 Å². The normalized spacial score (nSPS) is 9.67. The molecule has 66 valence electrons. The molecule has 0 amide bonds. The standard InChI is InChI=1S/C9H12ClNO/c1-6-4-7(10)5-8(12-3)9(6)11-2/h4-5,11H,1-3H3. The third-order valence-corrected chi connectivity index (χ3v) is 1.95. The minimum atomic E-state index is 0.698. The summed E-state index contributed by atoms with van der Waals surface area (Å²) < 4.78 is 5.15. The van der Waals surface area contributed by atoms with Crippen LogP contribution in [0.25, 0.3) is 0 Å². The third kappa shape index (κ3) is 1.64. The summed E-state index contributed by atoms with van der Waals surface area (Å²) in [6.07, 6.45) is 0. The number of rotatable bonds is 2. The molecule has 3 heteroatoms. The zero-order valence-corrected chi connectivity index (χ0v) is 8.20. The molecule has 0 heterocycles. The quantitative estimate of drug-likeness (QED) is 0.765. The first kappa shape index (κ1) is 9.20. The Balaban J connectivity index is 3.24. The first-order chi connectivity index (χ1) is 5.69. The molecule has 0 aliphatic carbocycles. The first-order valence-electron chi connectivity index (χ1n) is 3.71. The molecular weight excluding hydrogens is 174 g/mol. The predicted octanol–water partition coefficient (Wildman–Crippen LogP) is 2.70. The van der Waals surface area contributed by atoms with E-state index in [1.807, 2.05) is 20.0 Å². The predicted molar refractivity (Wildman–Crippen MR) is 52.3 cm³/mol. The van der Waals surface area contributed by atoms with E-state index < -0.39 is 0 Å². The number of aryl methyl sites for hydroxylation is 1. The van der Waals surface area contributed by atoms with Gasteiger partial charge in [-0.25, -0.2) is 0 Å². The Morgan fingerprint density at radius 2 is 2.08 bits per heavy atom. The fraction of sp³-hybridized carbons (Fsp3) is 0.333. The Bertz CT molecular complexity index is 286. The Morgan fingerprint density at radius 3 is 2.58 bits per heavy atom. The molecule has 0 aliphatic heterocycles. The number of ether oxygens (including phenoxy) is 1. The van der Waals surface area contributed by atoms with Gasteiger partial charge < -0.3 is 10.1 Å². The molecule has 12 heavy (non-hydrogen) atoms. The Hall–Kier alpha value is -0.890. The molecule has 0 saturated carbocycles. The van der Waals surface area contributed by atoms with Crippen molar-refractivity contribution in [3.63, 3.8) is 0 Å². The van der Waals surface area contributed by atoms with Gasteiger partial charge in [0.25, 0.3) is 0 Å². The van der Waals surface area contributed by atoms with Crippen LogP contribution in [-0.4, -0.2) is 14.2 Å². The maximum absolute atomic E-state index is 5.85. The fourth-order valence-electron chi connectivity index (χ4n) is 1.19. The Morgan fingerprint density at radius 1 is 1.42 bits per heavy atom. The summed E-state index contributed by atoms with van der Waals surface area (Å²) >= 11 is 5.85. The molecule has 0 atom stereocenters. The van der Waals surface area contributed by atoms with E-state index in [0.29, 0.717) is 5.02 Å². The average molecular weight is 186 g/mol. The van der Waals surface area contributed by atoms with Gasteiger partial charge in [-0.3, -0.25) is 0 Å². The summed E-state index contributed by atoms with van der Waals surface area (Å²) in [5.74, 6) is 0.780. The zero-order valence-electron chi connectivity index (χ0n) is 7.44. The lowest BCUT2D eigenvalue weighted by Crippen LogP contribution is -1.96. The van der Waals surface area contributed by atoms with E-state index in [2.05, 4.69) is 5.32 Å². The second kappa shape index (κ2) is 3.68. The summed E-state index contributed by atoms with van der Waals surface area (Å²) in [6.45, 7) is 1.99. The number of nitrogens with one attached hydrogen (secondary N) is 1. The van der Waals surface area contributed by atoms with Gasteiger partial charge in [0.1, 0.15) is 5.75 Å². The van der Waals surface area contributed by atoms with Crippen molar-refractivity contribution >= 4 is 17.3 Å². The van der Waals surface area contributed by atoms with Crippen molar-refractivity contribution in [1.82, 2.24) is 0 Å². The van der Waals surface area contributed by atoms with Gasteiger partial charge in [0.2, 0.25) is 0 Å². The van der Waals surface area contributed by atoms with E-state index in [4.69, 9.17) is 16.3 Å². The van der Waals surface area contributed by atoms with Crippen LogP contribution in [0.5, 0.6) is 5.75 Å². The second-order valence-corrected chi connectivity index (χ2v) is 2.99. The monoisotopic (exact) mass is 185 g/mol. The first-order valence-corrected chi connectivity index (χ1v) is 4.08. The van der Waals surface area contributed by atoms with Crippen LogP contribution in [0.2, 0.25) is 5.02 Å². The fourth-order valence-corrected chi connectivity index (χ4v) is 1.46. The van der Waals surface area contributed by atoms with Crippen molar-refractivity contribution in [2.24, 2.45) is 0 Å². The largest absolute Gasteiger partial charge is 0.495 e. The van der Waals surface area contributed by atoms with Gasteiger partial charge in [-0.1, -0.05) is 11.6 Å². The molecule has 0 unspecified atom stereocenters. The van der Waals surface area contributed by atoms with Crippen molar-refractivity contribution in [3.8, 4) is 5.75 Å². The van der Waals surface area contributed by atoms with Gasteiger partial charge in [0.15, 0.2) is 0 Å². The number of anilines is 1. The average Bonchev–Trinajstić information content (AvgIpc) is 2.03. The van der Waals surface area contributed by atoms with E-state index in [1.54, 1.807) is 13.2 Å². The molecule has 0 aromatic heterocycles. The summed E-state index contributed by atoms with van der Waals surface area (Å²) in [6, 6.07) is 3.69. The maximum Gasteiger partial charge on any atom is 0.143 e. The van der Waals surface area contributed by atoms with Gasteiger partial charge in [-0.15, -0.1) is 0 Å². The summed E-state index contributed by atoms with van der Waals surface area (Å²) in [7, 11) is 3.49. The molecular formula is C9H12ClNO. The SMILES string of the molecule is CNc1c(C)cc(Cl)cc1OC. The van der Waals surface area contributed by atoms with Gasteiger partial charge in [-0.2, -0.15) is 0 Å². The second-order valence-electron chi connectivity index (χ2n) is 2.55. The lowest BCUT2D eigenvalue weighted by atomic mass is 10.2. The van der Waals surface area contributed by atoms with Crippen LogP contribution in [0.4, 0.5) is 5.69 Å². The van der Waals surface area contributed by atoms with E-state index in [9.17, 15) is 0 Å². The highest BCUT2D eigenvalue weighted by atomic mass is 35.5. The smallest absolute Gasteiger partial charge is 0.143 e. The lowest BCUT2D eigenvalue weighted by molar-refractivity contribution is 0.416. The minimum Gasteiger partial charge on any atom is -0.495 e. The van der Waals surface area contributed by atoms with Crippen LogP contribution >= 0.6 is 11.6 Å². The number of methoxy groups -OCH3 is 1. The molecule has 0 aliphatic rings. The number of halogens is 1. The van der Waals surface area contributed by atoms with Crippen molar-refractivity contribution in [1.29, 1.82) is 0 Å². The van der Waals surface area contributed by atoms with E-state index in [0.717, 1.165) is 17.0 Å². The molecule has 1 N–H and O–H groups in total. The van der Waals surface area contributed by atoms with Gasteiger partial charge in [0.05, 0.1) is 12.8 Å². The third-order valence-electron chi connectivity index (χ3n) is 1.73. The Labute approximate surface area is 77.5 Å². The van der Waals surface area contributed by atoms with Crippen LogP contribution in [0.1, 0.15) is 5.56 Å². The molecule has 0 fully saturated rings. The van der Waals surface area contributed by atoms with Crippen LogP contribution in [-0.2, 0) is 0 Å². The van der Waals surface area contributed by atoms with Crippen LogP contribution in [0.15, 0.2) is 12.1 Å². The van der Waals surface area contributed by atoms with E-state index in [-0.39, 0.29) is 0 Å². The van der Waals surface area contributed by atoms with E-state index in [1.165, 1.54) is 0 Å². The van der Waals surface area contributed by atoms with Crippen LogP contribution in [0, 0.1) is 6.92 Å². The van der Waals surface area contributed by atoms with Crippen molar-refractivity contribution in [2.45, 2.75) is 6.92 Å². The Kier molecular flexibility index (Phi) is 2.82. The van der Waals surface area contributed by atoms with Crippen LogP contribution < -0.4 is 10.1 Å². The molecule has 0 saturated heterocycles. The van der Waals surface area contributed by atoms with Gasteiger partial charge in [-0.05, 0) is 18.6 Å². The highest BCUT2D eigenvalue weighted by Gasteiger charge is 2.05. The minimum absolute atomic E-state index is 0.698. The highest BCUT2D eigenvalue weighted by molar-refractivity contribution is 6.31. The van der Waals surface area contributed by atoms with E-state index >= 15 is 0 Å². The van der Waals surface area contributed by atoms with Crippen molar-refractivity contribution < 1.29 is 4.74 Å². The molecule has 0 spiro atoms. The maximum atomic E-state index is 5.85. The van der Waals surface area contributed by atoms with Gasteiger partial charge >= 0.3 is 0 Å². The molecule has 1 rings (SSSR count). The molecule has 0 radical (unpaired) electrons. The highest BCUT2D eigenvalue weighted by Crippen LogP contribution is 2.31. The van der Waals surface area contributed by atoms with Crippen molar-refractivity contribution in [2.75, 3.05) is 19.5 Å². The lowest BCUT2D eigenvalue weighted by Gasteiger charge is -2.11. The zero-order chi connectivity index (χ0) is 9.14. The molecule has 1 aromatic rings. The number of benzene rings is 1. The van der Waals surface area contributed by atoms with Crippen LogP contribution in [0.3, 0.4) is 0 Å². The number of hydrogen-bond acceptors (Lipinski definition) is 2. The number of hydrogen-bond donors (Lipinski definition) is 1. The summed E-state index contributed by atoms with van der Waals surface area (Å²) in [4.78, 5) is 0. The van der Waals surface area contributed by atoms with Gasteiger partial charge in [0, 0.05) is 18.1 Å². The molecule has 1 aromatic carbocycles. The molecule has 0 bridgehead atoms.